The molecule has 1 aliphatic heterocycles. The monoisotopic (exact) mass is 502 g/mol. The van der Waals surface area contributed by atoms with Crippen LogP contribution in [0.3, 0.4) is 0 Å². The van der Waals surface area contributed by atoms with E-state index in [1.54, 1.807) is 18.2 Å². The molecule has 0 amide bonds. The summed E-state index contributed by atoms with van der Waals surface area (Å²) in [6.45, 7) is 3.55. The third-order valence-corrected chi connectivity index (χ3v) is 9.32. The summed E-state index contributed by atoms with van der Waals surface area (Å²) in [5.41, 5.74) is 6.35. The zero-order valence-corrected chi connectivity index (χ0v) is 22.1. The number of likely N-dealkylation sites (tertiary alicyclic amines) is 1. The Bertz CT molecular complexity index is 961. The van der Waals surface area contributed by atoms with E-state index in [1.807, 2.05) is 12.1 Å². The van der Waals surface area contributed by atoms with Gasteiger partial charge in [-0.1, -0.05) is 37.5 Å². The number of anilines is 1. The number of methoxy groups -OCH3 is 1. The van der Waals surface area contributed by atoms with Gasteiger partial charge in [-0.3, -0.25) is 4.90 Å². The van der Waals surface area contributed by atoms with Crippen molar-refractivity contribution in [3.05, 3.63) is 59.2 Å². The zero-order valence-electron chi connectivity index (χ0n) is 20.4. The van der Waals surface area contributed by atoms with Gasteiger partial charge in [-0.15, -0.1) is 24.8 Å². The van der Waals surface area contributed by atoms with Gasteiger partial charge in [0.1, 0.15) is 5.75 Å². The highest BCUT2D eigenvalue weighted by Crippen LogP contribution is 2.56. The predicted octanol–water partition coefficient (Wildman–Crippen LogP) is 7.01. The van der Waals surface area contributed by atoms with E-state index in [1.165, 1.54) is 82.1 Å². The average Bonchev–Trinajstić information content (AvgIpc) is 2.81. The fourth-order valence-corrected chi connectivity index (χ4v) is 7.38. The molecule has 0 spiro atoms. The second kappa shape index (κ2) is 10.7. The van der Waals surface area contributed by atoms with Crippen LogP contribution in [0.15, 0.2) is 42.5 Å². The van der Waals surface area contributed by atoms with Crippen LogP contribution in [0.2, 0.25) is 0 Å². The van der Waals surface area contributed by atoms with Crippen LogP contribution in [0, 0.1) is 11.8 Å². The lowest BCUT2D eigenvalue weighted by Crippen LogP contribution is -2.61. The van der Waals surface area contributed by atoms with Gasteiger partial charge in [0.25, 0.3) is 0 Å². The minimum absolute atomic E-state index is 0. The van der Waals surface area contributed by atoms with Gasteiger partial charge < -0.3 is 10.1 Å². The Hall–Kier alpha value is -1.42. The molecule has 4 aliphatic rings. The first-order valence-corrected chi connectivity index (χ1v) is 13.0. The molecule has 0 aromatic heterocycles. The summed E-state index contributed by atoms with van der Waals surface area (Å²) < 4.78 is 5.30. The van der Waals surface area contributed by atoms with Gasteiger partial charge in [0, 0.05) is 30.2 Å². The topological polar surface area (TPSA) is 24.5 Å². The first-order chi connectivity index (χ1) is 15.7. The third-order valence-electron chi connectivity index (χ3n) is 9.32. The molecule has 2 saturated carbocycles. The van der Waals surface area contributed by atoms with E-state index in [4.69, 9.17) is 4.74 Å². The molecule has 6 rings (SSSR count). The number of nitrogens with zero attached hydrogens (tertiary/aromatic N) is 1. The van der Waals surface area contributed by atoms with E-state index in [0.29, 0.717) is 5.41 Å². The summed E-state index contributed by atoms with van der Waals surface area (Å²) in [7, 11) is 1.72. The molecule has 1 N–H and O–H groups in total. The Morgan fingerprint density at radius 1 is 0.971 bits per heavy atom. The van der Waals surface area contributed by atoms with Gasteiger partial charge in [0.05, 0.1) is 7.11 Å². The van der Waals surface area contributed by atoms with Crippen LogP contribution in [0.4, 0.5) is 5.69 Å². The minimum atomic E-state index is 0. The second-order valence-electron chi connectivity index (χ2n) is 10.9. The average molecular weight is 504 g/mol. The smallest absolute Gasteiger partial charge is 0.118 e. The predicted molar refractivity (Wildman–Crippen MR) is 146 cm³/mol. The quantitative estimate of drug-likeness (QED) is 0.459. The molecule has 1 heterocycles. The van der Waals surface area contributed by atoms with E-state index in [9.17, 15) is 0 Å². The highest BCUT2D eigenvalue weighted by Gasteiger charge is 2.53. The van der Waals surface area contributed by atoms with E-state index >= 15 is 0 Å². The van der Waals surface area contributed by atoms with Gasteiger partial charge in [0.2, 0.25) is 0 Å². The van der Waals surface area contributed by atoms with Gasteiger partial charge in [-0.05, 0) is 97.9 Å². The molecular weight excluding hydrogens is 463 g/mol. The van der Waals surface area contributed by atoms with Crippen LogP contribution in [0.1, 0.15) is 68.1 Å². The van der Waals surface area contributed by atoms with E-state index in [-0.39, 0.29) is 24.8 Å². The van der Waals surface area contributed by atoms with Crippen molar-refractivity contribution in [1.82, 2.24) is 4.90 Å². The Morgan fingerprint density at radius 2 is 1.79 bits per heavy atom. The maximum Gasteiger partial charge on any atom is 0.118 e. The van der Waals surface area contributed by atoms with Crippen molar-refractivity contribution in [2.24, 2.45) is 11.8 Å². The van der Waals surface area contributed by atoms with Crippen LogP contribution in [-0.2, 0) is 18.4 Å². The fourth-order valence-electron chi connectivity index (χ4n) is 7.38. The molecular formula is C29H40Cl2N2O. The largest absolute Gasteiger partial charge is 0.497 e. The van der Waals surface area contributed by atoms with Crippen molar-refractivity contribution >= 4 is 30.5 Å². The molecule has 2 bridgehead atoms. The van der Waals surface area contributed by atoms with Gasteiger partial charge in [0.15, 0.2) is 0 Å². The number of fused-ring (bicyclic) bond motifs is 1. The molecule has 1 saturated heterocycles. The first-order valence-electron chi connectivity index (χ1n) is 13.0. The van der Waals surface area contributed by atoms with E-state index < -0.39 is 0 Å². The summed E-state index contributed by atoms with van der Waals surface area (Å²) >= 11 is 0. The molecule has 3 nitrogen and oxygen atoms in total. The molecule has 3 fully saturated rings. The highest BCUT2D eigenvalue weighted by atomic mass is 35.5. The number of benzene rings is 2. The van der Waals surface area contributed by atoms with Crippen LogP contribution in [0.5, 0.6) is 5.75 Å². The molecule has 186 valence electrons. The summed E-state index contributed by atoms with van der Waals surface area (Å²) in [4.78, 5) is 2.93. The maximum absolute atomic E-state index is 5.30. The second-order valence-corrected chi connectivity index (χ2v) is 10.9. The van der Waals surface area contributed by atoms with Crippen molar-refractivity contribution in [3.8, 4) is 5.75 Å². The highest BCUT2D eigenvalue weighted by molar-refractivity contribution is 5.85. The molecule has 2 aromatic rings. The lowest BCUT2D eigenvalue weighted by molar-refractivity contribution is -0.0239. The number of halogens is 2. The number of rotatable bonds is 6. The van der Waals surface area contributed by atoms with Crippen LogP contribution in [-0.4, -0.2) is 31.1 Å². The lowest BCUT2D eigenvalue weighted by Gasteiger charge is -2.59. The summed E-state index contributed by atoms with van der Waals surface area (Å²) in [5, 5.41) is 3.71. The maximum atomic E-state index is 5.30. The molecule has 2 aromatic carbocycles. The van der Waals surface area contributed by atoms with Crippen molar-refractivity contribution < 1.29 is 4.74 Å². The standard InChI is InChI=1S/C29H38N2O.2ClH/c1-32-25-12-8-21(9-13-25)19-30-24-11-10-23-17-28-26-7-2-3-14-29(26,27(23)18-24)15-16-31(28)20-22-5-4-6-22;;/h8-13,18,22,26,28,30H,2-7,14-17,19-20H2,1H3;2*1H/t26-,28+,29+;;/m0../s1. The van der Waals surface area contributed by atoms with Crippen LogP contribution < -0.4 is 10.1 Å². The Kier molecular flexibility index (Phi) is 8.06. The summed E-state index contributed by atoms with van der Waals surface area (Å²) in [6, 6.07) is 16.5. The fraction of sp³-hybridized carbons (Fsp3) is 0.586. The van der Waals surface area contributed by atoms with Crippen molar-refractivity contribution in [2.75, 3.05) is 25.5 Å². The zero-order chi connectivity index (χ0) is 21.5. The third kappa shape index (κ3) is 4.56. The van der Waals surface area contributed by atoms with Crippen molar-refractivity contribution in [3.63, 3.8) is 0 Å². The lowest BCUT2D eigenvalue weighted by atomic mass is 9.52. The molecule has 3 atom stereocenters. The number of hydrogen-bond acceptors (Lipinski definition) is 3. The van der Waals surface area contributed by atoms with Gasteiger partial charge >= 0.3 is 0 Å². The van der Waals surface area contributed by atoms with Crippen molar-refractivity contribution in [1.29, 1.82) is 0 Å². The number of nitrogens with one attached hydrogen (secondary N) is 1. The minimum Gasteiger partial charge on any atom is -0.497 e. The summed E-state index contributed by atoms with van der Waals surface area (Å²) in [6.07, 6.45) is 12.7. The Morgan fingerprint density at radius 3 is 2.53 bits per heavy atom. The number of hydrogen-bond donors (Lipinski definition) is 1. The van der Waals surface area contributed by atoms with Crippen LogP contribution >= 0.6 is 24.8 Å². The SMILES string of the molecule is COc1ccc(CNc2ccc3c(c2)[C@@]24CCCC[C@H]2[C@@H](C3)N(CC2CCC2)CC4)cc1.Cl.Cl. The Labute approximate surface area is 217 Å². The van der Waals surface area contributed by atoms with E-state index in [0.717, 1.165) is 30.2 Å². The van der Waals surface area contributed by atoms with Crippen LogP contribution in [0.25, 0.3) is 0 Å². The molecule has 3 aliphatic carbocycles. The number of piperidine rings is 1. The molecule has 34 heavy (non-hydrogen) atoms. The van der Waals surface area contributed by atoms with Gasteiger partial charge in [-0.25, -0.2) is 0 Å². The first kappa shape index (κ1) is 25.7. The normalized spacial score (nSPS) is 27.8. The molecule has 0 unspecified atom stereocenters. The Balaban J connectivity index is 0.00000137. The summed E-state index contributed by atoms with van der Waals surface area (Å²) in [5.74, 6) is 2.77. The van der Waals surface area contributed by atoms with E-state index in [2.05, 4.69) is 40.5 Å². The van der Waals surface area contributed by atoms with Crippen molar-refractivity contribution in [2.45, 2.75) is 75.8 Å². The number of ether oxygens (including phenoxy) is 1. The van der Waals surface area contributed by atoms with Gasteiger partial charge in [-0.2, -0.15) is 0 Å². The molecule has 5 heteroatoms. The molecule has 0 radical (unpaired) electrons.